The first-order chi connectivity index (χ1) is 13.7. The van der Waals surface area contributed by atoms with E-state index in [1.54, 1.807) is 0 Å². The molecule has 1 aromatic rings. The first-order valence-electron chi connectivity index (χ1n) is 10.3. The van der Waals surface area contributed by atoms with Crippen LogP contribution in [0.1, 0.15) is 49.3 Å². The van der Waals surface area contributed by atoms with Gasteiger partial charge in [-0.15, -0.1) is 0 Å². The molecule has 29 heavy (non-hydrogen) atoms. The number of amides is 3. The van der Waals surface area contributed by atoms with E-state index in [0.29, 0.717) is 25.7 Å². The second-order valence-corrected chi connectivity index (χ2v) is 8.73. The van der Waals surface area contributed by atoms with Crippen molar-refractivity contribution in [1.82, 2.24) is 15.5 Å². The number of likely N-dealkylation sites (tertiary alicyclic amines) is 1. The minimum Gasteiger partial charge on any atom is -0.392 e. The molecule has 1 saturated heterocycles. The molecular formula is C22H33N3O4. The number of aliphatic hydroxyl groups excluding tert-OH is 1. The molecular weight excluding hydrogens is 370 g/mol. The Bertz CT molecular complexity index is 798. The molecule has 160 valence electrons. The molecule has 7 heteroatoms. The molecule has 2 fully saturated rings. The quantitative estimate of drug-likeness (QED) is 0.612. The van der Waals surface area contributed by atoms with Crippen molar-refractivity contribution >= 4 is 11.9 Å². The summed E-state index contributed by atoms with van der Waals surface area (Å²) in [6.07, 6.45) is 2.19. The number of benzene rings is 1. The minimum absolute atomic E-state index is 0.0716. The highest BCUT2D eigenvalue weighted by molar-refractivity contribution is 5.95. The zero-order chi connectivity index (χ0) is 21.4. The predicted molar refractivity (Wildman–Crippen MR) is 110 cm³/mol. The molecule has 2 aliphatic rings. The van der Waals surface area contributed by atoms with Crippen molar-refractivity contribution in [1.29, 1.82) is 0 Å². The molecule has 4 atom stereocenters. The largest absolute Gasteiger partial charge is 0.392 e. The third kappa shape index (κ3) is 3.56. The van der Waals surface area contributed by atoms with E-state index in [1.165, 1.54) is 7.05 Å². The van der Waals surface area contributed by atoms with Gasteiger partial charge in [0.2, 0.25) is 5.91 Å². The first-order valence-corrected chi connectivity index (χ1v) is 10.3. The summed E-state index contributed by atoms with van der Waals surface area (Å²) < 4.78 is 0. The monoisotopic (exact) mass is 403 g/mol. The Morgan fingerprint density at radius 3 is 2.69 bits per heavy atom. The Balaban J connectivity index is 2.08. The van der Waals surface area contributed by atoms with Gasteiger partial charge in [0.05, 0.1) is 12.2 Å². The number of hydrogen-bond donors (Lipinski definition) is 4. The molecule has 0 radical (unpaired) electrons. The number of rotatable bonds is 3. The fraction of sp³-hybridized carbons (Fsp3) is 0.636. The van der Waals surface area contributed by atoms with Gasteiger partial charge in [0.15, 0.2) is 0 Å². The van der Waals surface area contributed by atoms with Crippen molar-refractivity contribution in [3.63, 3.8) is 0 Å². The van der Waals surface area contributed by atoms with Crippen LogP contribution in [0.25, 0.3) is 0 Å². The van der Waals surface area contributed by atoms with Crippen LogP contribution in [0.4, 0.5) is 4.79 Å². The van der Waals surface area contributed by atoms with Crippen LogP contribution >= 0.6 is 0 Å². The lowest BCUT2D eigenvalue weighted by Crippen LogP contribution is -2.69. The molecule has 1 aliphatic heterocycles. The zero-order valence-corrected chi connectivity index (χ0v) is 17.8. The number of piperidine rings is 1. The van der Waals surface area contributed by atoms with E-state index >= 15 is 0 Å². The van der Waals surface area contributed by atoms with Gasteiger partial charge in [-0.05, 0) is 69.8 Å². The number of aliphatic hydroxyl groups is 2. The molecule has 3 rings (SSSR count). The Morgan fingerprint density at radius 2 is 2.03 bits per heavy atom. The van der Waals surface area contributed by atoms with Gasteiger partial charge in [-0.3, -0.25) is 10.1 Å². The summed E-state index contributed by atoms with van der Waals surface area (Å²) in [5.41, 5.74) is 1.24. The second kappa shape index (κ2) is 8.05. The number of fused-ring (bicyclic) bond motifs is 1. The molecule has 1 saturated carbocycles. The molecule has 1 aromatic carbocycles. The van der Waals surface area contributed by atoms with Gasteiger partial charge in [0, 0.05) is 24.4 Å². The van der Waals surface area contributed by atoms with Crippen LogP contribution in [-0.2, 0) is 16.8 Å². The fourth-order valence-electron chi connectivity index (χ4n) is 5.45. The Morgan fingerprint density at radius 1 is 1.31 bits per heavy atom. The van der Waals surface area contributed by atoms with E-state index in [9.17, 15) is 19.8 Å². The standard InChI is InChI=1S/C22H33N3O4/c1-14-5-6-16(13-26)11-18(14)21-9-10-25(4)15(2)22(21,29)8-7-17(12-21)19(27)24-20(28)23-3/h5-6,11,15,17,26,29H,7-10,12-13H2,1-4H3,(H2,23,24,27,28). The van der Waals surface area contributed by atoms with Crippen LogP contribution < -0.4 is 10.6 Å². The SMILES string of the molecule is CNC(=O)NC(=O)C1CCC2(O)C(C)N(C)CCC2(c2cc(CO)ccc2C)C1. The summed E-state index contributed by atoms with van der Waals surface area (Å²) in [7, 11) is 3.50. The highest BCUT2D eigenvalue weighted by Crippen LogP contribution is 2.56. The number of aryl methyl sites for hydroxylation is 1. The van der Waals surface area contributed by atoms with E-state index in [4.69, 9.17) is 0 Å². The number of carbonyl (C=O) groups is 2. The van der Waals surface area contributed by atoms with E-state index in [1.807, 2.05) is 39.1 Å². The van der Waals surface area contributed by atoms with Gasteiger partial charge in [0.25, 0.3) is 0 Å². The Kier molecular flexibility index (Phi) is 6.03. The summed E-state index contributed by atoms with van der Waals surface area (Å²) in [6, 6.07) is 5.27. The van der Waals surface area contributed by atoms with Gasteiger partial charge >= 0.3 is 6.03 Å². The van der Waals surface area contributed by atoms with E-state index in [-0.39, 0.29) is 24.5 Å². The maximum absolute atomic E-state index is 12.8. The van der Waals surface area contributed by atoms with Crippen LogP contribution in [0.5, 0.6) is 0 Å². The second-order valence-electron chi connectivity index (χ2n) is 8.73. The summed E-state index contributed by atoms with van der Waals surface area (Å²) in [4.78, 5) is 26.6. The number of carbonyl (C=O) groups excluding carboxylic acids is 2. The van der Waals surface area contributed by atoms with Gasteiger partial charge in [-0.25, -0.2) is 4.79 Å². The van der Waals surface area contributed by atoms with E-state index in [0.717, 1.165) is 23.2 Å². The number of nitrogens with one attached hydrogen (secondary N) is 2. The van der Waals surface area contributed by atoms with Crippen molar-refractivity contribution in [2.45, 2.75) is 63.2 Å². The van der Waals surface area contributed by atoms with Gasteiger partial charge < -0.3 is 20.4 Å². The lowest BCUT2D eigenvalue weighted by molar-refractivity contribution is -0.162. The topological polar surface area (TPSA) is 102 Å². The molecule has 1 aliphatic carbocycles. The summed E-state index contributed by atoms with van der Waals surface area (Å²) >= 11 is 0. The molecule has 0 spiro atoms. The molecule has 1 heterocycles. The molecule has 3 amide bonds. The highest BCUT2D eigenvalue weighted by atomic mass is 16.3. The van der Waals surface area contributed by atoms with Crippen LogP contribution in [0.2, 0.25) is 0 Å². The van der Waals surface area contributed by atoms with E-state index in [2.05, 4.69) is 15.5 Å². The average molecular weight is 404 g/mol. The molecule has 4 unspecified atom stereocenters. The third-order valence-corrected chi connectivity index (χ3v) is 7.38. The minimum atomic E-state index is -0.997. The smallest absolute Gasteiger partial charge is 0.321 e. The van der Waals surface area contributed by atoms with Crippen LogP contribution in [0.3, 0.4) is 0 Å². The maximum atomic E-state index is 12.8. The number of imide groups is 1. The van der Waals surface area contributed by atoms with Crippen molar-refractivity contribution in [3.05, 3.63) is 34.9 Å². The van der Waals surface area contributed by atoms with Crippen molar-refractivity contribution in [3.8, 4) is 0 Å². The van der Waals surface area contributed by atoms with Gasteiger partial charge in [-0.1, -0.05) is 18.2 Å². The number of likely N-dealkylation sites (N-methyl/N-ethyl adjacent to an activating group) is 1. The molecule has 0 bridgehead atoms. The van der Waals surface area contributed by atoms with Gasteiger partial charge in [0.1, 0.15) is 0 Å². The lowest BCUT2D eigenvalue weighted by Gasteiger charge is -2.61. The van der Waals surface area contributed by atoms with Crippen LogP contribution in [-0.4, -0.2) is 59.3 Å². The van der Waals surface area contributed by atoms with Crippen LogP contribution in [0, 0.1) is 12.8 Å². The maximum Gasteiger partial charge on any atom is 0.321 e. The van der Waals surface area contributed by atoms with Crippen molar-refractivity contribution < 1.29 is 19.8 Å². The van der Waals surface area contributed by atoms with Crippen molar-refractivity contribution in [2.75, 3.05) is 20.6 Å². The summed E-state index contributed by atoms with van der Waals surface area (Å²) in [5.74, 6) is -0.659. The van der Waals surface area contributed by atoms with E-state index < -0.39 is 17.0 Å². The Hall–Kier alpha value is -1.96. The number of urea groups is 1. The average Bonchev–Trinajstić information content (AvgIpc) is 2.71. The zero-order valence-electron chi connectivity index (χ0n) is 17.8. The molecule has 7 nitrogen and oxygen atoms in total. The first kappa shape index (κ1) is 21.7. The predicted octanol–water partition coefficient (Wildman–Crippen LogP) is 1.44. The highest BCUT2D eigenvalue weighted by Gasteiger charge is 2.61. The lowest BCUT2D eigenvalue weighted by atomic mass is 9.51. The summed E-state index contributed by atoms with van der Waals surface area (Å²) in [5, 5.41) is 26.6. The number of hydrogen-bond acceptors (Lipinski definition) is 5. The van der Waals surface area contributed by atoms with Crippen molar-refractivity contribution in [2.24, 2.45) is 5.92 Å². The number of nitrogens with zero attached hydrogens (tertiary/aromatic N) is 1. The van der Waals surface area contributed by atoms with Gasteiger partial charge in [-0.2, -0.15) is 0 Å². The fourth-order valence-corrected chi connectivity index (χ4v) is 5.45. The third-order valence-electron chi connectivity index (χ3n) is 7.38. The molecule has 4 N–H and O–H groups in total. The summed E-state index contributed by atoms with van der Waals surface area (Å²) in [6.45, 7) is 4.79. The molecule has 0 aromatic heterocycles. The van der Waals surface area contributed by atoms with Crippen LogP contribution in [0.15, 0.2) is 18.2 Å². The Labute approximate surface area is 172 Å². The normalized spacial score (nSPS) is 32.3.